The molecule has 0 saturated carbocycles. The summed E-state index contributed by atoms with van der Waals surface area (Å²) in [6.07, 6.45) is 6.22. The van der Waals surface area contributed by atoms with Gasteiger partial charge in [0.05, 0.1) is 17.4 Å². The Kier molecular flexibility index (Phi) is 5.81. The molecule has 0 fully saturated rings. The lowest BCUT2D eigenvalue weighted by Gasteiger charge is -2.27. The Morgan fingerprint density at radius 3 is 2.90 bits per heavy atom. The Bertz CT molecular complexity index is 1040. The number of carbonyl (C=O) groups is 1. The molecule has 1 atom stereocenters. The van der Waals surface area contributed by atoms with Crippen LogP contribution in [0, 0.1) is 5.82 Å². The number of aromatic carboxylic acids is 1. The highest BCUT2D eigenvalue weighted by atomic mass is 32.2. The van der Waals surface area contributed by atoms with Crippen molar-refractivity contribution in [3.8, 4) is 0 Å². The van der Waals surface area contributed by atoms with Crippen molar-refractivity contribution in [1.82, 2.24) is 4.98 Å². The van der Waals surface area contributed by atoms with E-state index in [0.29, 0.717) is 18.2 Å². The monoisotopic (exact) mass is 408 g/mol. The number of rotatable bonds is 6. The van der Waals surface area contributed by atoms with Gasteiger partial charge in [0.25, 0.3) is 0 Å². The van der Waals surface area contributed by atoms with E-state index >= 15 is 0 Å². The van der Waals surface area contributed by atoms with Gasteiger partial charge in [0.1, 0.15) is 5.82 Å². The number of carboxylic acid groups (broad SMARTS) is 1. The molecule has 1 aliphatic rings. The number of fused-ring (bicyclic) bond motifs is 1. The minimum Gasteiger partial charge on any atom is -0.478 e. The van der Waals surface area contributed by atoms with Crippen LogP contribution in [-0.2, 0) is 6.42 Å². The molecular weight excluding hydrogens is 387 g/mol. The molecule has 0 saturated heterocycles. The number of carboxylic acids is 1. The van der Waals surface area contributed by atoms with Gasteiger partial charge in [0, 0.05) is 28.5 Å². The second kappa shape index (κ2) is 8.66. The van der Waals surface area contributed by atoms with E-state index in [9.17, 15) is 14.3 Å². The van der Waals surface area contributed by atoms with Gasteiger partial charge in [0.15, 0.2) is 0 Å². The largest absolute Gasteiger partial charge is 0.478 e. The van der Waals surface area contributed by atoms with E-state index in [2.05, 4.69) is 28.5 Å². The van der Waals surface area contributed by atoms with Gasteiger partial charge in [-0.15, -0.1) is 0 Å². The summed E-state index contributed by atoms with van der Waals surface area (Å²) >= 11 is 1.56. The molecule has 4 nitrogen and oxygen atoms in total. The predicted octanol–water partition coefficient (Wildman–Crippen LogP) is 5.60. The summed E-state index contributed by atoms with van der Waals surface area (Å²) in [5.41, 5.74) is 3.39. The van der Waals surface area contributed by atoms with Crippen LogP contribution in [0.2, 0.25) is 0 Å². The number of aryl methyl sites for hydroxylation is 1. The van der Waals surface area contributed by atoms with Crippen molar-refractivity contribution < 1.29 is 14.3 Å². The number of nitrogens with zero attached hydrogens (tertiary/aromatic N) is 1. The SMILES string of the molecule is O=C(O)c1ccncc1NCC1CCCc2cc(Sc3cccc(F)c3)ccc21. The first-order valence-corrected chi connectivity index (χ1v) is 10.4. The Morgan fingerprint density at radius 1 is 1.21 bits per heavy atom. The van der Waals surface area contributed by atoms with Crippen LogP contribution in [-0.4, -0.2) is 22.6 Å². The molecule has 1 aliphatic carbocycles. The van der Waals surface area contributed by atoms with Gasteiger partial charge in [-0.25, -0.2) is 9.18 Å². The normalized spacial score (nSPS) is 15.6. The minimum atomic E-state index is -0.960. The lowest BCUT2D eigenvalue weighted by Crippen LogP contribution is -2.19. The molecule has 6 heteroatoms. The number of halogens is 1. The van der Waals surface area contributed by atoms with Crippen LogP contribution in [0.4, 0.5) is 10.1 Å². The number of aromatic nitrogens is 1. The zero-order valence-electron chi connectivity index (χ0n) is 15.8. The maximum atomic E-state index is 13.4. The van der Waals surface area contributed by atoms with Crippen LogP contribution in [0.3, 0.4) is 0 Å². The third-order valence-electron chi connectivity index (χ3n) is 5.18. The Labute approximate surface area is 173 Å². The van der Waals surface area contributed by atoms with E-state index in [-0.39, 0.29) is 11.4 Å². The molecule has 2 aromatic carbocycles. The van der Waals surface area contributed by atoms with E-state index < -0.39 is 5.97 Å². The maximum Gasteiger partial charge on any atom is 0.337 e. The predicted molar refractivity (Wildman–Crippen MR) is 112 cm³/mol. The van der Waals surface area contributed by atoms with Crippen LogP contribution >= 0.6 is 11.8 Å². The van der Waals surface area contributed by atoms with Crippen molar-refractivity contribution in [1.29, 1.82) is 0 Å². The molecule has 0 bridgehead atoms. The molecular formula is C23H21FN2O2S. The van der Waals surface area contributed by atoms with Gasteiger partial charge in [0.2, 0.25) is 0 Å². The molecule has 4 rings (SSSR count). The fourth-order valence-electron chi connectivity index (χ4n) is 3.79. The van der Waals surface area contributed by atoms with Crippen LogP contribution < -0.4 is 5.32 Å². The zero-order valence-corrected chi connectivity index (χ0v) is 16.6. The second-order valence-electron chi connectivity index (χ2n) is 7.12. The Morgan fingerprint density at radius 2 is 2.07 bits per heavy atom. The first-order chi connectivity index (χ1) is 14.1. The summed E-state index contributed by atoms with van der Waals surface area (Å²) in [4.78, 5) is 17.4. The standard InChI is InChI=1S/C23H21FN2O2S/c24-17-5-2-6-18(12-17)29-19-7-8-20-15(11-19)3-1-4-16(20)13-26-22-14-25-10-9-21(22)23(27)28/h2,5-12,14,16,26H,1,3-4,13H2,(H,27,28). The average molecular weight is 408 g/mol. The zero-order chi connectivity index (χ0) is 20.2. The highest BCUT2D eigenvalue weighted by Crippen LogP contribution is 2.36. The second-order valence-corrected chi connectivity index (χ2v) is 8.26. The number of pyridine rings is 1. The molecule has 29 heavy (non-hydrogen) atoms. The van der Waals surface area contributed by atoms with E-state index in [0.717, 1.165) is 29.1 Å². The highest BCUT2D eigenvalue weighted by Gasteiger charge is 2.21. The molecule has 1 aromatic heterocycles. The summed E-state index contributed by atoms with van der Waals surface area (Å²) in [7, 11) is 0. The maximum absolute atomic E-state index is 13.4. The smallest absolute Gasteiger partial charge is 0.337 e. The quantitative estimate of drug-likeness (QED) is 0.556. The molecule has 1 unspecified atom stereocenters. The van der Waals surface area contributed by atoms with Crippen LogP contribution in [0.5, 0.6) is 0 Å². The fourth-order valence-corrected chi connectivity index (χ4v) is 4.72. The number of benzene rings is 2. The number of nitrogens with one attached hydrogen (secondary N) is 1. The first kappa shape index (κ1) is 19.5. The van der Waals surface area contributed by atoms with Crippen molar-refractivity contribution in [3.05, 3.63) is 83.4 Å². The topological polar surface area (TPSA) is 62.2 Å². The first-order valence-electron chi connectivity index (χ1n) is 9.57. The third kappa shape index (κ3) is 4.59. The van der Waals surface area contributed by atoms with Crippen LogP contribution in [0.25, 0.3) is 0 Å². The average Bonchev–Trinajstić information content (AvgIpc) is 2.72. The van der Waals surface area contributed by atoms with Crippen molar-refractivity contribution >= 4 is 23.4 Å². The molecule has 148 valence electrons. The van der Waals surface area contributed by atoms with Crippen molar-refractivity contribution in [2.75, 3.05) is 11.9 Å². The number of anilines is 1. The van der Waals surface area contributed by atoms with Crippen LogP contribution in [0.1, 0.15) is 40.2 Å². The molecule has 0 spiro atoms. The van der Waals surface area contributed by atoms with E-state index in [1.165, 1.54) is 29.5 Å². The molecule has 0 amide bonds. The van der Waals surface area contributed by atoms with E-state index in [1.807, 2.05) is 6.07 Å². The van der Waals surface area contributed by atoms with Crippen molar-refractivity contribution in [3.63, 3.8) is 0 Å². The van der Waals surface area contributed by atoms with Gasteiger partial charge in [-0.3, -0.25) is 4.98 Å². The van der Waals surface area contributed by atoms with Crippen molar-refractivity contribution in [2.24, 2.45) is 0 Å². The van der Waals surface area contributed by atoms with Crippen LogP contribution in [0.15, 0.2) is 70.7 Å². The summed E-state index contributed by atoms with van der Waals surface area (Å²) in [6.45, 7) is 0.662. The minimum absolute atomic E-state index is 0.227. The third-order valence-corrected chi connectivity index (χ3v) is 6.15. The van der Waals surface area contributed by atoms with Gasteiger partial charge >= 0.3 is 5.97 Å². The summed E-state index contributed by atoms with van der Waals surface area (Å²) < 4.78 is 13.4. The summed E-state index contributed by atoms with van der Waals surface area (Å²) in [5.74, 6) is -0.873. The fraction of sp³-hybridized carbons (Fsp3) is 0.217. The summed E-state index contributed by atoms with van der Waals surface area (Å²) in [5, 5.41) is 12.6. The van der Waals surface area contributed by atoms with E-state index in [4.69, 9.17) is 0 Å². The summed E-state index contributed by atoms with van der Waals surface area (Å²) in [6, 6.07) is 14.6. The van der Waals surface area contributed by atoms with Gasteiger partial charge in [-0.1, -0.05) is 23.9 Å². The lowest BCUT2D eigenvalue weighted by molar-refractivity contribution is 0.0697. The van der Waals surface area contributed by atoms with Gasteiger partial charge < -0.3 is 10.4 Å². The van der Waals surface area contributed by atoms with Gasteiger partial charge in [-0.05, 0) is 66.8 Å². The van der Waals surface area contributed by atoms with Crippen molar-refractivity contribution in [2.45, 2.75) is 35.0 Å². The molecule has 0 aliphatic heterocycles. The highest BCUT2D eigenvalue weighted by molar-refractivity contribution is 7.99. The molecule has 0 radical (unpaired) electrons. The molecule has 2 N–H and O–H groups in total. The lowest BCUT2D eigenvalue weighted by atomic mass is 9.83. The number of hydrogen-bond donors (Lipinski definition) is 2. The molecule has 3 aromatic rings. The van der Waals surface area contributed by atoms with Gasteiger partial charge in [-0.2, -0.15) is 0 Å². The Hall–Kier alpha value is -2.86. The number of hydrogen-bond acceptors (Lipinski definition) is 4. The Balaban J connectivity index is 1.49. The van der Waals surface area contributed by atoms with E-state index in [1.54, 1.807) is 30.1 Å². The molecule has 1 heterocycles.